The molecule has 0 aliphatic heterocycles. The third kappa shape index (κ3) is 3.78. The molecule has 4 rings (SSSR count). The zero-order chi connectivity index (χ0) is 19.7. The molecule has 0 saturated heterocycles. The maximum Gasteiger partial charge on any atom is 0.249 e. The summed E-state index contributed by atoms with van der Waals surface area (Å²) in [5, 5.41) is 11.3. The molecule has 1 N–H and O–H groups in total. The quantitative estimate of drug-likeness (QED) is 0.680. The number of benzene rings is 1. The van der Waals surface area contributed by atoms with Crippen molar-refractivity contribution in [1.82, 2.24) is 20.1 Å². The SMILES string of the molecule is COc1cccc(CNC(=O)Cn2c(C)cc(-c3nnc(C4CC4)o3)c2C)c1. The lowest BCUT2D eigenvalue weighted by Gasteiger charge is -2.11. The zero-order valence-electron chi connectivity index (χ0n) is 16.4. The average Bonchev–Trinajstić information content (AvgIpc) is 3.38. The van der Waals surface area contributed by atoms with Crippen molar-refractivity contribution < 1.29 is 13.9 Å². The van der Waals surface area contributed by atoms with Crippen molar-refractivity contribution in [3.8, 4) is 17.2 Å². The number of carbonyl (C=O) groups excluding carboxylic acids is 1. The van der Waals surface area contributed by atoms with Crippen LogP contribution in [0.2, 0.25) is 0 Å². The molecule has 1 aliphatic rings. The molecule has 2 heterocycles. The van der Waals surface area contributed by atoms with Crippen molar-refractivity contribution in [3.05, 3.63) is 53.2 Å². The van der Waals surface area contributed by atoms with Crippen molar-refractivity contribution in [3.63, 3.8) is 0 Å². The molecule has 2 aromatic heterocycles. The molecule has 0 spiro atoms. The van der Waals surface area contributed by atoms with Gasteiger partial charge in [-0.3, -0.25) is 4.79 Å². The number of carbonyl (C=O) groups is 1. The van der Waals surface area contributed by atoms with E-state index in [0.29, 0.717) is 18.4 Å². The van der Waals surface area contributed by atoms with E-state index in [4.69, 9.17) is 9.15 Å². The summed E-state index contributed by atoms with van der Waals surface area (Å²) in [7, 11) is 1.63. The maximum absolute atomic E-state index is 12.5. The summed E-state index contributed by atoms with van der Waals surface area (Å²) in [6.07, 6.45) is 2.24. The van der Waals surface area contributed by atoms with Gasteiger partial charge in [-0.1, -0.05) is 12.1 Å². The number of nitrogens with one attached hydrogen (secondary N) is 1. The topological polar surface area (TPSA) is 82.2 Å². The first-order chi connectivity index (χ1) is 13.5. The zero-order valence-corrected chi connectivity index (χ0v) is 16.4. The first kappa shape index (κ1) is 18.3. The fraction of sp³-hybridized carbons (Fsp3) is 0.381. The van der Waals surface area contributed by atoms with Crippen LogP contribution in [-0.4, -0.2) is 27.8 Å². The number of aryl methyl sites for hydroxylation is 1. The fourth-order valence-corrected chi connectivity index (χ4v) is 3.28. The van der Waals surface area contributed by atoms with Gasteiger partial charge in [0, 0.05) is 23.9 Å². The molecule has 7 nitrogen and oxygen atoms in total. The molecule has 146 valence electrons. The predicted molar refractivity (Wildman–Crippen MR) is 104 cm³/mol. The van der Waals surface area contributed by atoms with Crippen LogP contribution in [0.4, 0.5) is 0 Å². The third-order valence-corrected chi connectivity index (χ3v) is 5.10. The monoisotopic (exact) mass is 380 g/mol. The number of aromatic nitrogens is 3. The number of nitrogens with zero attached hydrogens (tertiary/aromatic N) is 3. The first-order valence-corrected chi connectivity index (χ1v) is 9.45. The summed E-state index contributed by atoms with van der Waals surface area (Å²) in [6.45, 7) is 4.64. The Hall–Kier alpha value is -3.09. The summed E-state index contributed by atoms with van der Waals surface area (Å²) in [5.41, 5.74) is 3.81. The van der Waals surface area contributed by atoms with Gasteiger partial charge in [0.25, 0.3) is 0 Å². The summed E-state index contributed by atoms with van der Waals surface area (Å²) in [5.74, 6) is 2.39. The fourth-order valence-electron chi connectivity index (χ4n) is 3.28. The van der Waals surface area contributed by atoms with E-state index in [0.717, 1.165) is 47.0 Å². The van der Waals surface area contributed by atoms with Crippen molar-refractivity contribution >= 4 is 5.91 Å². The van der Waals surface area contributed by atoms with Gasteiger partial charge >= 0.3 is 0 Å². The van der Waals surface area contributed by atoms with E-state index in [1.807, 2.05) is 48.7 Å². The van der Waals surface area contributed by atoms with Crippen LogP contribution in [-0.2, 0) is 17.9 Å². The average molecular weight is 380 g/mol. The van der Waals surface area contributed by atoms with Gasteiger partial charge in [0.05, 0.1) is 12.7 Å². The van der Waals surface area contributed by atoms with Crippen molar-refractivity contribution in [2.45, 2.75) is 45.7 Å². The Morgan fingerprint density at radius 1 is 1.29 bits per heavy atom. The number of hydrogen-bond donors (Lipinski definition) is 1. The maximum atomic E-state index is 12.5. The summed E-state index contributed by atoms with van der Waals surface area (Å²) in [6, 6.07) is 9.66. The van der Waals surface area contributed by atoms with Crippen LogP contribution in [0.5, 0.6) is 5.75 Å². The second-order valence-electron chi connectivity index (χ2n) is 7.22. The second-order valence-corrected chi connectivity index (χ2v) is 7.22. The molecule has 1 saturated carbocycles. The number of methoxy groups -OCH3 is 1. The van der Waals surface area contributed by atoms with E-state index in [-0.39, 0.29) is 12.5 Å². The molecule has 7 heteroatoms. The van der Waals surface area contributed by atoms with E-state index in [9.17, 15) is 4.79 Å². The van der Waals surface area contributed by atoms with Crippen molar-refractivity contribution in [2.24, 2.45) is 0 Å². The Morgan fingerprint density at radius 2 is 2.11 bits per heavy atom. The highest BCUT2D eigenvalue weighted by atomic mass is 16.5. The molecule has 1 aliphatic carbocycles. The van der Waals surface area contributed by atoms with E-state index in [1.54, 1.807) is 7.11 Å². The molecule has 0 radical (unpaired) electrons. The van der Waals surface area contributed by atoms with Gasteiger partial charge in [0.15, 0.2) is 0 Å². The smallest absolute Gasteiger partial charge is 0.249 e. The second kappa shape index (κ2) is 7.50. The number of amides is 1. The van der Waals surface area contributed by atoms with Crippen LogP contribution in [0.15, 0.2) is 34.7 Å². The molecule has 0 atom stereocenters. The highest BCUT2D eigenvalue weighted by Crippen LogP contribution is 2.40. The van der Waals surface area contributed by atoms with Crippen molar-refractivity contribution in [2.75, 3.05) is 7.11 Å². The van der Waals surface area contributed by atoms with Crippen LogP contribution in [0.25, 0.3) is 11.5 Å². The number of hydrogen-bond acceptors (Lipinski definition) is 5. The highest BCUT2D eigenvalue weighted by molar-refractivity contribution is 5.76. The number of ether oxygens (including phenoxy) is 1. The van der Waals surface area contributed by atoms with E-state index in [1.165, 1.54) is 0 Å². The van der Waals surface area contributed by atoms with Gasteiger partial charge in [-0.25, -0.2) is 0 Å². The molecule has 1 amide bonds. The van der Waals surface area contributed by atoms with Gasteiger partial charge in [-0.05, 0) is 50.5 Å². The molecule has 1 fully saturated rings. The molecule has 1 aromatic carbocycles. The lowest BCUT2D eigenvalue weighted by atomic mass is 10.2. The van der Waals surface area contributed by atoms with Crippen LogP contribution < -0.4 is 10.1 Å². The Kier molecular flexibility index (Phi) is 4.90. The molecule has 3 aromatic rings. The van der Waals surface area contributed by atoms with Crippen LogP contribution >= 0.6 is 0 Å². The van der Waals surface area contributed by atoms with Gasteiger partial charge in [-0.15, -0.1) is 10.2 Å². The first-order valence-electron chi connectivity index (χ1n) is 9.45. The van der Waals surface area contributed by atoms with Crippen LogP contribution in [0.3, 0.4) is 0 Å². The normalized spacial score (nSPS) is 13.5. The Morgan fingerprint density at radius 3 is 2.86 bits per heavy atom. The van der Waals surface area contributed by atoms with E-state index in [2.05, 4.69) is 15.5 Å². The Bertz CT molecular complexity index is 1000. The summed E-state index contributed by atoms with van der Waals surface area (Å²) >= 11 is 0. The molecular formula is C21H24N4O3. The minimum atomic E-state index is -0.0552. The van der Waals surface area contributed by atoms with Gasteiger partial charge in [0.1, 0.15) is 12.3 Å². The predicted octanol–water partition coefficient (Wildman–Crippen LogP) is 3.36. The molecular weight excluding hydrogens is 356 g/mol. The standard InChI is InChI=1S/C21H24N4O3/c1-13-9-18(21-24-23-20(28-21)16-7-8-16)14(2)25(13)12-19(26)22-11-15-5-4-6-17(10-15)27-3/h4-6,9-10,16H,7-8,11-12H2,1-3H3,(H,22,26). The minimum Gasteiger partial charge on any atom is -0.497 e. The molecule has 28 heavy (non-hydrogen) atoms. The third-order valence-electron chi connectivity index (χ3n) is 5.10. The van der Waals surface area contributed by atoms with Crippen LogP contribution in [0, 0.1) is 13.8 Å². The minimum absolute atomic E-state index is 0.0552. The van der Waals surface area contributed by atoms with E-state index < -0.39 is 0 Å². The molecule has 0 bridgehead atoms. The summed E-state index contributed by atoms with van der Waals surface area (Å²) in [4.78, 5) is 12.5. The Labute approximate surface area is 163 Å². The summed E-state index contributed by atoms with van der Waals surface area (Å²) < 4.78 is 13.0. The number of rotatable bonds is 7. The van der Waals surface area contributed by atoms with Gasteiger partial charge < -0.3 is 19.0 Å². The van der Waals surface area contributed by atoms with E-state index >= 15 is 0 Å². The highest BCUT2D eigenvalue weighted by Gasteiger charge is 2.30. The van der Waals surface area contributed by atoms with Crippen LogP contribution in [0.1, 0.15) is 41.6 Å². The Balaban J connectivity index is 1.43. The lowest BCUT2D eigenvalue weighted by molar-refractivity contribution is -0.121. The molecule has 0 unspecified atom stereocenters. The lowest BCUT2D eigenvalue weighted by Crippen LogP contribution is -2.27. The van der Waals surface area contributed by atoms with Gasteiger partial charge in [0.2, 0.25) is 17.7 Å². The van der Waals surface area contributed by atoms with Gasteiger partial charge in [-0.2, -0.15) is 0 Å². The largest absolute Gasteiger partial charge is 0.497 e. The van der Waals surface area contributed by atoms with Crippen molar-refractivity contribution in [1.29, 1.82) is 0 Å².